The molecule has 1 N–H and O–H groups in total. The lowest BCUT2D eigenvalue weighted by atomic mass is 9.84. The van der Waals surface area contributed by atoms with Crippen molar-refractivity contribution in [2.24, 2.45) is 5.41 Å². The van der Waals surface area contributed by atoms with Gasteiger partial charge in [0.05, 0.1) is 12.5 Å². The second-order valence-corrected chi connectivity index (χ2v) is 6.13. The molecule has 0 atom stereocenters. The number of methoxy groups -OCH3 is 1. The Bertz CT molecular complexity index is 435. The number of esters is 1. The van der Waals surface area contributed by atoms with E-state index in [0.717, 1.165) is 25.9 Å². The number of carbonyl (C=O) groups excluding carboxylic acids is 1. The van der Waals surface area contributed by atoms with Crippen LogP contribution in [0.2, 0.25) is 0 Å². The van der Waals surface area contributed by atoms with Crippen molar-refractivity contribution in [3.05, 3.63) is 35.9 Å². The van der Waals surface area contributed by atoms with Gasteiger partial charge < -0.3 is 10.1 Å². The number of nitrogens with one attached hydrogen (secondary N) is 1. The summed E-state index contributed by atoms with van der Waals surface area (Å²) in [5, 5.41) is 3.44. The van der Waals surface area contributed by atoms with Crippen LogP contribution in [0.5, 0.6) is 0 Å². The number of ether oxygens (including phenoxy) is 1. The molecule has 1 aliphatic rings. The van der Waals surface area contributed by atoms with Gasteiger partial charge in [0.15, 0.2) is 0 Å². The fraction of sp³-hybridized carbons (Fsp3) is 0.562. The van der Waals surface area contributed by atoms with E-state index in [1.54, 1.807) is 0 Å². The first kappa shape index (κ1) is 14.1. The highest BCUT2D eigenvalue weighted by Crippen LogP contribution is 2.46. The molecule has 1 aromatic rings. The van der Waals surface area contributed by atoms with E-state index in [0.29, 0.717) is 0 Å². The van der Waals surface area contributed by atoms with Crippen LogP contribution in [0, 0.1) is 5.41 Å². The molecule has 0 saturated heterocycles. The molecule has 1 aromatic carbocycles. The SMILES string of the molecule is COC(=O)C1(CNCC(C)(C)c2ccccc2)CC1. The van der Waals surface area contributed by atoms with Gasteiger partial charge in [0.25, 0.3) is 0 Å². The van der Waals surface area contributed by atoms with Crippen LogP contribution in [-0.2, 0) is 14.9 Å². The summed E-state index contributed by atoms with van der Waals surface area (Å²) in [6.45, 7) is 6.01. The van der Waals surface area contributed by atoms with E-state index in [1.165, 1.54) is 12.7 Å². The van der Waals surface area contributed by atoms with Crippen LogP contribution in [0.25, 0.3) is 0 Å². The van der Waals surface area contributed by atoms with E-state index in [2.05, 4.69) is 43.4 Å². The first-order valence-electron chi connectivity index (χ1n) is 6.85. The normalized spacial score (nSPS) is 17.0. The lowest BCUT2D eigenvalue weighted by molar-refractivity contribution is -0.146. The Balaban J connectivity index is 1.88. The lowest BCUT2D eigenvalue weighted by Gasteiger charge is -2.26. The summed E-state index contributed by atoms with van der Waals surface area (Å²) in [6.07, 6.45) is 1.89. The summed E-state index contributed by atoms with van der Waals surface area (Å²) in [7, 11) is 1.47. The van der Waals surface area contributed by atoms with E-state index in [-0.39, 0.29) is 16.8 Å². The van der Waals surface area contributed by atoms with Gasteiger partial charge in [0.1, 0.15) is 0 Å². The second-order valence-electron chi connectivity index (χ2n) is 6.13. The van der Waals surface area contributed by atoms with E-state index in [1.807, 2.05) is 6.07 Å². The number of benzene rings is 1. The van der Waals surface area contributed by atoms with Gasteiger partial charge in [0, 0.05) is 18.5 Å². The standard InChI is InChI=1S/C16H23NO2/c1-15(2,13-7-5-4-6-8-13)11-17-12-16(9-10-16)14(18)19-3/h4-8,17H,9-12H2,1-3H3. The van der Waals surface area contributed by atoms with Crippen LogP contribution in [0.1, 0.15) is 32.3 Å². The van der Waals surface area contributed by atoms with Crippen molar-refractivity contribution in [3.63, 3.8) is 0 Å². The molecule has 3 heteroatoms. The molecule has 1 fully saturated rings. The number of hydrogen-bond donors (Lipinski definition) is 1. The summed E-state index contributed by atoms with van der Waals surface area (Å²) in [4.78, 5) is 11.7. The van der Waals surface area contributed by atoms with Crippen LogP contribution in [0.3, 0.4) is 0 Å². The van der Waals surface area contributed by atoms with Crippen molar-refractivity contribution in [2.75, 3.05) is 20.2 Å². The Labute approximate surface area is 115 Å². The quantitative estimate of drug-likeness (QED) is 0.800. The van der Waals surface area contributed by atoms with Gasteiger partial charge in [-0.3, -0.25) is 4.79 Å². The van der Waals surface area contributed by atoms with Crippen molar-refractivity contribution >= 4 is 5.97 Å². The maximum absolute atomic E-state index is 11.7. The van der Waals surface area contributed by atoms with Crippen molar-refractivity contribution in [1.82, 2.24) is 5.32 Å². The van der Waals surface area contributed by atoms with E-state index < -0.39 is 0 Å². The van der Waals surface area contributed by atoms with Crippen LogP contribution in [0.4, 0.5) is 0 Å². The summed E-state index contributed by atoms with van der Waals surface area (Å²) in [5.74, 6) is -0.0717. The Hall–Kier alpha value is -1.35. The van der Waals surface area contributed by atoms with Gasteiger partial charge in [-0.1, -0.05) is 44.2 Å². The van der Waals surface area contributed by atoms with Gasteiger partial charge in [-0.25, -0.2) is 0 Å². The average molecular weight is 261 g/mol. The predicted molar refractivity (Wildman–Crippen MR) is 76.0 cm³/mol. The zero-order valence-corrected chi connectivity index (χ0v) is 12.0. The third kappa shape index (κ3) is 3.16. The molecule has 104 valence electrons. The number of hydrogen-bond acceptors (Lipinski definition) is 3. The highest BCUT2D eigenvalue weighted by Gasteiger charge is 2.50. The third-order valence-electron chi connectivity index (χ3n) is 4.06. The van der Waals surface area contributed by atoms with Gasteiger partial charge in [0.2, 0.25) is 0 Å². The van der Waals surface area contributed by atoms with Gasteiger partial charge in [-0.05, 0) is 18.4 Å². The molecule has 0 aliphatic heterocycles. The summed E-state index contributed by atoms with van der Waals surface area (Å²) in [6, 6.07) is 10.5. The summed E-state index contributed by atoms with van der Waals surface area (Å²) >= 11 is 0. The van der Waals surface area contributed by atoms with Crippen LogP contribution in [-0.4, -0.2) is 26.2 Å². The Kier molecular flexibility index (Phi) is 3.95. The van der Waals surface area contributed by atoms with Gasteiger partial charge in [-0.15, -0.1) is 0 Å². The molecule has 2 rings (SSSR count). The minimum Gasteiger partial charge on any atom is -0.469 e. The maximum Gasteiger partial charge on any atom is 0.313 e. The fourth-order valence-electron chi connectivity index (χ4n) is 2.43. The summed E-state index contributed by atoms with van der Waals surface area (Å²) < 4.78 is 4.87. The predicted octanol–water partition coefficient (Wildman–Crippen LogP) is 2.51. The molecular weight excluding hydrogens is 238 g/mol. The molecule has 0 unspecified atom stereocenters. The molecule has 0 spiro atoms. The topological polar surface area (TPSA) is 38.3 Å². The molecule has 0 radical (unpaired) electrons. The molecule has 1 saturated carbocycles. The van der Waals surface area contributed by atoms with Crippen LogP contribution >= 0.6 is 0 Å². The van der Waals surface area contributed by atoms with Gasteiger partial charge >= 0.3 is 5.97 Å². The maximum atomic E-state index is 11.7. The minimum absolute atomic E-state index is 0.0630. The van der Waals surface area contributed by atoms with Crippen molar-refractivity contribution in [2.45, 2.75) is 32.1 Å². The molecule has 0 amide bonds. The first-order chi connectivity index (χ1) is 9.00. The Morgan fingerprint density at radius 3 is 2.47 bits per heavy atom. The molecule has 0 bridgehead atoms. The zero-order chi connectivity index (χ0) is 13.9. The van der Waals surface area contributed by atoms with Crippen molar-refractivity contribution < 1.29 is 9.53 Å². The highest BCUT2D eigenvalue weighted by atomic mass is 16.5. The monoisotopic (exact) mass is 261 g/mol. The van der Waals surface area contributed by atoms with Crippen molar-refractivity contribution in [1.29, 1.82) is 0 Å². The molecule has 0 aromatic heterocycles. The first-order valence-corrected chi connectivity index (χ1v) is 6.85. The van der Waals surface area contributed by atoms with Crippen molar-refractivity contribution in [3.8, 4) is 0 Å². The zero-order valence-electron chi connectivity index (χ0n) is 12.0. The van der Waals surface area contributed by atoms with E-state index >= 15 is 0 Å². The van der Waals surface area contributed by atoms with E-state index in [4.69, 9.17) is 4.74 Å². The van der Waals surface area contributed by atoms with Gasteiger partial charge in [-0.2, -0.15) is 0 Å². The van der Waals surface area contributed by atoms with E-state index in [9.17, 15) is 4.79 Å². The average Bonchev–Trinajstić information content (AvgIpc) is 3.20. The second kappa shape index (κ2) is 5.33. The smallest absolute Gasteiger partial charge is 0.313 e. The molecule has 19 heavy (non-hydrogen) atoms. The Morgan fingerprint density at radius 1 is 1.32 bits per heavy atom. The highest BCUT2D eigenvalue weighted by molar-refractivity contribution is 5.80. The number of rotatable bonds is 6. The lowest BCUT2D eigenvalue weighted by Crippen LogP contribution is -2.38. The molecule has 0 heterocycles. The Morgan fingerprint density at radius 2 is 1.95 bits per heavy atom. The number of carbonyl (C=O) groups is 1. The summed E-state index contributed by atoms with van der Waals surface area (Å²) in [5.41, 5.74) is 1.13. The molecular formula is C16H23NO2. The molecule has 3 nitrogen and oxygen atoms in total. The largest absolute Gasteiger partial charge is 0.469 e. The fourth-order valence-corrected chi connectivity index (χ4v) is 2.43. The third-order valence-corrected chi connectivity index (χ3v) is 4.06. The van der Waals surface area contributed by atoms with Crippen LogP contribution in [0.15, 0.2) is 30.3 Å². The van der Waals surface area contributed by atoms with Crippen LogP contribution < -0.4 is 5.32 Å². The minimum atomic E-state index is -0.248. The molecule has 1 aliphatic carbocycles.